The molecule has 0 aromatic heterocycles. The lowest BCUT2D eigenvalue weighted by molar-refractivity contribution is -0.129. The fourth-order valence-electron chi connectivity index (χ4n) is 4.56. The Morgan fingerprint density at radius 1 is 1.26 bits per heavy atom. The number of urea groups is 1. The maximum Gasteiger partial charge on any atom is 0.353 e. The first kappa shape index (κ1) is 24.6. The van der Waals surface area contributed by atoms with Gasteiger partial charge in [0.05, 0.1) is 24.1 Å². The first-order valence-electron chi connectivity index (χ1n) is 11.4. The van der Waals surface area contributed by atoms with Crippen LogP contribution in [0.2, 0.25) is 0 Å². The average Bonchev–Trinajstić information content (AvgIpc) is 3.25. The van der Waals surface area contributed by atoms with Gasteiger partial charge in [-0.25, -0.2) is 18.4 Å². The lowest BCUT2D eigenvalue weighted by atomic mass is 9.92. The number of rotatable bonds is 9. The van der Waals surface area contributed by atoms with E-state index in [-0.39, 0.29) is 31.6 Å². The van der Waals surface area contributed by atoms with Gasteiger partial charge in [-0.3, -0.25) is 4.79 Å². The van der Waals surface area contributed by atoms with E-state index in [0.29, 0.717) is 24.8 Å². The summed E-state index contributed by atoms with van der Waals surface area (Å²) in [6.45, 7) is 0.209. The molecule has 186 valence electrons. The minimum absolute atomic E-state index is 0.0164. The summed E-state index contributed by atoms with van der Waals surface area (Å²) in [6.07, 6.45) is -0.293. The smallest absolute Gasteiger partial charge is 0.353 e. The normalized spacial score (nSPS) is 23.2. The molecule has 2 fully saturated rings. The van der Waals surface area contributed by atoms with Crippen molar-refractivity contribution in [2.24, 2.45) is 10.6 Å². The molecule has 1 spiro atoms. The number of benzene rings is 1. The Hall–Kier alpha value is -3.55. The molecule has 35 heavy (non-hydrogen) atoms. The molecular formula is C24H26F2N4O5. The predicted octanol–water partition coefficient (Wildman–Crippen LogP) is 2.90. The molecule has 2 atom stereocenters. The molecule has 2 heterocycles. The molecule has 3 aliphatic rings. The number of alkyl halides is 2. The predicted molar refractivity (Wildman–Crippen MR) is 119 cm³/mol. The Balaban J connectivity index is 1.43. The van der Waals surface area contributed by atoms with E-state index in [9.17, 15) is 28.4 Å². The molecular weight excluding hydrogens is 462 g/mol. The van der Waals surface area contributed by atoms with Gasteiger partial charge in [0.15, 0.2) is 17.1 Å². The average molecular weight is 488 g/mol. The molecule has 1 saturated heterocycles. The molecule has 0 bridgehead atoms. The third-order valence-corrected chi connectivity index (χ3v) is 6.79. The maximum absolute atomic E-state index is 15.0. The van der Waals surface area contributed by atoms with Crippen molar-refractivity contribution in [2.75, 3.05) is 13.1 Å². The van der Waals surface area contributed by atoms with Crippen LogP contribution in [0.15, 0.2) is 35.5 Å². The van der Waals surface area contributed by atoms with Crippen molar-refractivity contribution in [3.05, 3.63) is 35.9 Å². The van der Waals surface area contributed by atoms with Gasteiger partial charge >= 0.3 is 12.0 Å². The number of carboxylic acids is 1. The zero-order valence-corrected chi connectivity index (χ0v) is 19.0. The SMILES string of the molecule is N#CC1(CC(=O)[C@H](CC(F)(F)Cc2ccccc2)NC(=O)N2CCC3(CC(C(=O)O)=NO3)C2)CC1. The Morgan fingerprint density at radius 3 is 2.57 bits per heavy atom. The zero-order chi connectivity index (χ0) is 25.3. The van der Waals surface area contributed by atoms with E-state index >= 15 is 0 Å². The van der Waals surface area contributed by atoms with Crippen LogP contribution in [0.1, 0.15) is 44.1 Å². The molecule has 0 radical (unpaired) electrons. The molecule has 4 rings (SSSR count). The van der Waals surface area contributed by atoms with E-state index in [4.69, 9.17) is 9.94 Å². The molecule has 2 aliphatic heterocycles. The molecule has 9 nitrogen and oxygen atoms in total. The summed E-state index contributed by atoms with van der Waals surface area (Å²) in [5.74, 6) is -5.08. The van der Waals surface area contributed by atoms with Gasteiger partial charge in [0, 0.05) is 38.6 Å². The first-order valence-corrected chi connectivity index (χ1v) is 11.4. The summed E-state index contributed by atoms with van der Waals surface area (Å²) in [7, 11) is 0. The van der Waals surface area contributed by atoms with Gasteiger partial charge < -0.3 is 20.2 Å². The van der Waals surface area contributed by atoms with Crippen molar-refractivity contribution < 1.29 is 33.1 Å². The van der Waals surface area contributed by atoms with Gasteiger partial charge in [-0.15, -0.1) is 0 Å². The summed E-state index contributed by atoms with van der Waals surface area (Å²) in [5.41, 5.74) is -1.55. The fraction of sp³-hybridized carbons (Fsp3) is 0.542. The minimum atomic E-state index is -3.27. The van der Waals surface area contributed by atoms with Crippen LogP contribution < -0.4 is 5.32 Å². The molecule has 1 aliphatic carbocycles. The van der Waals surface area contributed by atoms with Crippen molar-refractivity contribution in [1.82, 2.24) is 10.2 Å². The number of carbonyl (C=O) groups excluding carboxylic acids is 2. The first-order chi connectivity index (χ1) is 16.5. The number of likely N-dealkylation sites (tertiary alicyclic amines) is 1. The number of ketones is 1. The number of carbonyl (C=O) groups is 3. The highest BCUT2D eigenvalue weighted by Gasteiger charge is 2.50. The summed E-state index contributed by atoms with van der Waals surface area (Å²) < 4.78 is 29.9. The molecule has 11 heteroatoms. The number of halogens is 2. The van der Waals surface area contributed by atoms with E-state index in [1.165, 1.54) is 4.90 Å². The molecule has 1 aromatic rings. The number of hydrogen-bond acceptors (Lipinski definition) is 6. The lowest BCUT2D eigenvalue weighted by Crippen LogP contribution is -2.50. The second-order valence-corrected chi connectivity index (χ2v) is 9.73. The quantitative estimate of drug-likeness (QED) is 0.549. The second kappa shape index (κ2) is 9.24. The minimum Gasteiger partial charge on any atom is -0.477 e. The van der Waals surface area contributed by atoms with E-state index in [1.807, 2.05) is 0 Å². The highest BCUT2D eigenvalue weighted by Crippen LogP contribution is 2.48. The lowest BCUT2D eigenvalue weighted by Gasteiger charge is -2.27. The molecule has 1 aromatic carbocycles. The summed E-state index contributed by atoms with van der Waals surface area (Å²) in [6, 6.07) is 8.04. The molecule has 2 N–H and O–H groups in total. The number of nitrogens with one attached hydrogen (secondary N) is 1. The molecule has 1 unspecified atom stereocenters. The third-order valence-electron chi connectivity index (χ3n) is 6.79. The highest BCUT2D eigenvalue weighted by molar-refractivity contribution is 6.36. The number of nitriles is 1. The monoisotopic (exact) mass is 488 g/mol. The van der Waals surface area contributed by atoms with E-state index in [2.05, 4.69) is 16.5 Å². The number of aliphatic carboxylic acids is 1. The maximum atomic E-state index is 15.0. The van der Waals surface area contributed by atoms with Gasteiger partial charge in [0.1, 0.15) is 0 Å². The Bertz CT molecular complexity index is 1080. The van der Waals surface area contributed by atoms with Crippen LogP contribution in [-0.2, 0) is 20.8 Å². The van der Waals surface area contributed by atoms with Crippen LogP contribution in [0, 0.1) is 16.7 Å². The number of nitrogens with zero attached hydrogens (tertiary/aromatic N) is 3. The Labute approximate surface area is 200 Å². The van der Waals surface area contributed by atoms with Gasteiger partial charge in [0.2, 0.25) is 0 Å². The number of Topliss-reactive ketones (excluding diaryl/α,β-unsaturated/α-hetero) is 1. The van der Waals surface area contributed by atoms with Gasteiger partial charge in [-0.1, -0.05) is 35.5 Å². The number of oxime groups is 1. The zero-order valence-electron chi connectivity index (χ0n) is 19.0. The van der Waals surface area contributed by atoms with Crippen molar-refractivity contribution >= 4 is 23.5 Å². The van der Waals surface area contributed by atoms with Crippen molar-refractivity contribution in [3.8, 4) is 6.07 Å². The summed E-state index contributed by atoms with van der Waals surface area (Å²) in [4.78, 5) is 43.7. The number of amides is 2. The fourth-order valence-corrected chi connectivity index (χ4v) is 4.56. The van der Waals surface area contributed by atoms with Crippen LogP contribution in [0.25, 0.3) is 0 Å². The standard InChI is InChI=1S/C24H26F2N4O5/c25-24(26,10-16-4-2-1-3-5-16)12-17(19(31)13-22(14-27)6-7-22)28-21(34)30-9-8-23(15-30)11-18(20(32)33)29-35-23/h1-5,17H,6-13,15H2,(H,28,34)(H,32,33)/t17-,23?/m0/s1. The van der Waals surface area contributed by atoms with Crippen molar-refractivity contribution in [3.63, 3.8) is 0 Å². The van der Waals surface area contributed by atoms with Gasteiger partial charge in [-0.05, 0) is 18.4 Å². The van der Waals surface area contributed by atoms with Gasteiger partial charge in [-0.2, -0.15) is 5.26 Å². The van der Waals surface area contributed by atoms with Crippen LogP contribution in [0.5, 0.6) is 0 Å². The molecule has 2 amide bonds. The van der Waals surface area contributed by atoms with E-state index in [1.54, 1.807) is 30.3 Å². The largest absolute Gasteiger partial charge is 0.477 e. The van der Waals surface area contributed by atoms with Crippen molar-refractivity contribution in [2.45, 2.75) is 62.5 Å². The topological polar surface area (TPSA) is 132 Å². The van der Waals surface area contributed by atoms with Crippen LogP contribution in [-0.4, -0.2) is 64.2 Å². The van der Waals surface area contributed by atoms with Crippen molar-refractivity contribution in [1.29, 1.82) is 5.26 Å². The number of hydrogen-bond donors (Lipinski definition) is 2. The summed E-state index contributed by atoms with van der Waals surface area (Å²) >= 11 is 0. The van der Waals surface area contributed by atoms with E-state index in [0.717, 1.165) is 0 Å². The van der Waals surface area contributed by atoms with Crippen LogP contribution in [0.3, 0.4) is 0 Å². The Kier molecular flexibility index (Phi) is 6.49. The van der Waals surface area contributed by atoms with Crippen LogP contribution in [0.4, 0.5) is 13.6 Å². The third kappa shape index (κ3) is 5.75. The molecule has 1 saturated carbocycles. The van der Waals surface area contributed by atoms with E-state index < -0.39 is 53.6 Å². The second-order valence-electron chi connectivity index (χ2n) is 9.73. The summed E-state index contributed by atoms with van der Waals surface area (Å²) in [5, 5.41) is 24.5. The van der Waals surface area contributed by atoms with Crippen LogP contribution >= 0.6 is 0 Å². The van der Waals surface area contributed by atoms with Gasteiger partial charge in [0.25, 0.3) is 5.92 Å². The highest BCUT2D eigenvalue weighted by atomic mass is 19.3. The Morgan fingerprint density at radius 2 is 1.97 bits per heavy atom. The number of carboxylic acid groups (broad SMARTS) is 1.